The SMILES string of the molecule is CCNC(CC)C(C)SCc1ccccc1Cl. The highest BCUT2D eigenvalue weighted by atomic mass is 35.5. The van der Waals surface area contributed by atoms with Crippen LogP contribution in [0.2, 0.25) is 5.02 Å². The van der Waals surface area contributed by atoms with Crippen LogP contribution in [0.4, 0.5) is 0 Å². The Morgan fingerprint density at radius 2 is 2.00 bits per heavy atom. The van der Waals surface area contributed by atoms with Crippen molar-refractivity contribution in [1.29, 1.82) is 0 Å². The van der Waals surface area contributed by atoms with Gasteiger partial charge in [0.25, 0.3) is 0 Å². The van der Waals surface area contributed by atoms with Crippen LogP contribution in [0.3, 0.4) is 0 Å². The Balaban J connectivity index is 2.47. The van der Waals surface area contributed by atoms with Gasteiger partial charge in [0, 0.05) is 22.1 Å². The molecule has 1 aromatic rings. The lowest BCUT2D eigenvalue weighted by atomic mass is 10.2. The fourth-order valence-corrected chi connectivity index (χ4v) is 3.35. The number of benzene rings is 1. The minimum atomic E-state index is 0.590. The highest BCUT2D eigenvalue weighted by Gasteiger charge is 2.14. The Labute approximate surface area is 114 Å². The third-order valence-electron chi connectivity index (χ3n) is 2.93. The first-order chi connectivity index (χ1) is 8.19. The summed E-state index contributed by atoms with van der Waals surface area (Å²) >= 11 is 8.12. The van der Waals surface area contributed by atoms with E-state index in [2.05, 4.69) is 32.2 Å². The van der Waals surface area contributed by atoms with Crippen LogP contribution < -0.4 is 5.32 Å². The van der Waals surface area contributed by atoms with Gasteiger partial charge in [0.1, 0.15) is 0 Å². The zero-order valence-corrected chi connectivity index (χ0v) is 12.4. The van der Waals surface area contributed by atoms with Crippen molar-refractivity contribution in [2.45, 2.75) is 44.2 Å². The van der Waals surface area contributed by atoms with Crippen LogP contribution in [-0.4, -0.2) is 17.8 Å². The number of thioether (sulfide) groups is 1. The van der Waals surface area contributed by atoms with E-state index in [1.807, 2.05) is 30.0 Å². The fourth-order valence-electron chi connectivity index (χ4n) is 1.86. The molecule has 1 nitrogen and oxygen atoms in total. The third kappa shape index (κ3) is 4.90. The van der Waals surface area contributed by atoms with Gasteiger partial charge >= 0.3 is 0 Å². The smallest absolute Gasteiger partial charge is 0.0446 e. The van der Waals surface area contributed by atoms with Crippen molar-refractivity contribution >= 4 is 23.4 Å². The second-order valence-corrected chi connectivity index (χ2v) is 5.95. The molecule has 1 N–H and O–H groups in total. The zero-order chi connectivity index (χ0) is 12.7. The van der Waals surface area contributed by atoms with Crippen LogP contribution in [0, 0.1) is 0 Å². The quantitative estimate of drug-likeness (QED) is 0.791. The van der Waals surface area contributed by atoms with E-state index in [1.165, 1.54) is 12.0 Å². The van der Waals surface area contributed by atoms with E-state index in [0.29, 0.717) is 11.3 Å². The third-order valence-corrected chi connectivity index (χ3v) is 4.63. The molecule has 0 spiro atoms. The molecule has 0 heterocycles. The monoisotopic (exact) mass is 271 g/mol. The molecular weight excluding hydrogens is 250 g/mol. The second-order valence-electron chi connectivity index (χ2n) is 4.18. The van der Waals surface area contributed by atoms with E-state index in [1.54, 1.807) is 0 Å². The molecule has 2 unspecified atom stereocenters. The van der Waals surface area contributed by atoms with Crippen molar-refractivity contribution in [3.05, 3.63) is 34.9 Å². The molecule has 0 radical (unpaired) electrons. The van der Waals surface area contributed by atoms with Crippen LogP contribution in [0.15, 0.2) is 24.3 Å². The lowest BCUT2D eigenvalue weighted by Crippen LogP contribution is -2.36. The van der Waals surface area contributed by atoms with E-state index in [-0.39, 0.29) is 0 Å². The first-order valence-electron chi connectivity index (χ1n) is 6.27. The fraction of sp³-hybridized carbons (Fsp3) is 0.571. The maximum atomic E-state index is 6.15. The summed E-state index contributed by atoms with van der Waals surface area (Å²) < 4.78 is 0. The topological polar surface area (TPSA) is 12.0 Å². The van der Waals surface area contributed by atoms with Gasteiger partial charge in [-0.1, -0.05) is 50.6 Å². The number of halogens is 1. The average Bonchev–Trinajstić information content (AvgIpc) is 2.34. The van der Waals surface area contributed by atoms with E-state index < -0.39 is 0 Å². The van der Waals surface area contributed by atoms with Gasteiger partial charge in [0.2, 0.25) is 0 Å². The summed E-state index contributed by atoms with van der Waals surface area (Å²) in [6.07, 6.45) is 1.17. The molecule has 0 saturated carbocycles. The van der Waals surface area contributed by atoms with Gasteiger partial charge in [-0.25, -0.2) is 0 Å². The van der Waals surface area contributed by atoms with Crippen LogP contribution in [-0.2, 0) is 5.75 Å². The summed E-state index contributed by atoms with van der Waals surface area (Å²) in [5.41, 5.74) is 1.23. The Kier molecular flexibility index (Phi) is 7.02. The van der Waals surface area contributed by atoms with Crippen molar-refractivity contribution in [2.75, 3.05) is 6.54 Å². The molecule has 0 fully saturated rings. The van der Waals surface area contributed by atoms with Gasteiger partial charge in [-0.2, -0.15) is 11.8 Å². The molecule has 0 saturated heterocycles. The highest BCUT2D eigenvalue weighted by Crippen LogP contribution is 2.25. The van der Waals surface area contributed by atoms with Crippen LogP contribution >= 0.6 is 23.4 Å². The van der Waals surface area contributed by atoms with Crippen molar-refractivity contribution in [1.82, 2.24) is 5.32 Å². The van der Waals surface area contributed by atoms with Crippen molar-refractivity contribution in [3.63, 3.8) is 0 Å². The summed E-state index contributed by atoms with van der Waals surface area (Å²) in [5, 5.41) is 5.02. The molecule has 0 aromatic heterocycles. The maximum absolute atomic E-state index is 6.15. The van der Waals surface area contributed by atoms with E-state index in [4.69, 9.17) is 11.6 Å². The molecule has 0 amide bonds. The van der Waals surface area contributed by atoms with Crippen LogP contribution in [0.25, 0.3) is 0 Å². The van der Waals surface area contributed by atoms with Crippen molar-refractivity contribution in [2.24, 2.45) is 0 Å². The first-order valence-corrected chi connectivity index (χ1v) is 7.70. The normalized spacial score (nSPS) is 14.6. The van der Waals surface area contributed by atoms with Gasteiger partial charge in [-0.3, -0.25) is 0 Å². The summed E-state index contributed by atoms with van der Waals surface area (Å²) in [6.45, 7) is 7.72. The first kappa shape index (κ1) is 14.9. The largest absolute Gasteiger partial charge is 0.313 e. The molecule has 1 rings (SSSR count). The minimum Gasteiger partial charge on any atom is -0.313 e. The van der Waals surface area contributed by atoms with Gasteiger partial charge in [0.05, 0.1) is 0 Å². The molecule has 3 heteroatoms. The van der Waals surface area contributed by atoms with Crippen LogP contribution in [0.5, 0.6) is 0 Å². The molecule has 96 valence electrons. The maximum Gasteiger partial charge on any atom is 0.0446 e. The second kappa shape index (κ2) is 8.02. The number of rotatable bonds is 7. The Hall–Kier alpha value is -0.180. The zero-order valence-electron chi connectivity index (χ0n) is 10.9. The predicted molar refractivity (Wildman–Crippen MR) is 80.0 cm³/mol. The average molecular weight is 272 g/mol. The molecule has 0 bridgehead atoms. The molecule has 2 atom stereocenters. The summed E-state index contributed by atoms with van der Waals surface area (Å²) in [7, 11) is 0. The molecule has 0 aliphatic rings. The standard InChI is InChI=1S/C14H22ClNS/c1-4-14(16-5-2)11(3)17-10-12-8-6-7-9-13(12)15/h6-9,11,14,16H,4-5,10H2,1-3H3. The van der Waals surface area contributed by atoms with Crippen LogP contribution in [0.1, 0.15) is 32.8 Å². The Bertz CT molecular complexity index is 330. The van der Waals surface area contributed by atoms with E-state index in [0.717, 1.165) is 17.3 Å². The number of hydrogen-bond donors (Lipinski definition) is 1. The van der Waals surface area contributed by atoms with Gasteiger partial charge < -0.3 is 5.32 Å². The lowest BCUT2D eigenvalue weighted by Gasteiger charge is -2.23. The van der Waals surface area contributed by atoms with Crippen molar-refractivity contribution in [3.8, 4) is 0 Å². The van der Waals surface area contributed by atoms with E-state index >= 15 is 0 Å². The van der Waals surface area contributed by atoms with E-state index in [9.17, 15) is 0 Å². The number of nitrogens with one attached hydrogen (secondary N) is 1. The lowest BCUT2D eigenvalue weighted by molar-refractivity contribution is 0.509. The molecule has 0 aliphatic carbocycles. The predicted octanol–water partition coefficient (Wildman–Crippen LogP) is 4.35. The summed E-state index contributed by atoms with van der Waals surface area (Å²) in [4.78, 5) is 0. The van der Waals surface area contributed by atoms with Crippen molar-refractivity contribution < 1.29 is 0 Å². The Morgan fingerprint density at radius 1 is 1.29 bits per heavy atom. The highest BCUT2D eigenvalue weighted by molar-refractivity contribution is 7.99. The summed E-state index contributed by atoms with van der Waals surface area (Å²) in [5.74, 6) is 0.989. The molecule has 17 heavy (non-hydrogen) atoms. The molecule has 0 aliphatic heterocycles. The molecular formula is C14H22ClNS. The number of hydrogen-bond acceptors (Lipinski definition) is 2. The Morgan fingerprint density at radius 3 is 2.59 bits per heavy atom. The minimum absolute atomic E-state index is 0.590. The van der Waals surface area contributed by atoms with Gasteiger partial charge in [-0.05, 0) is 24.6 Å². The van der Waals surface area contributed by atoms with Gasteiger partial charge in [-0.15, -0.1) is 0 Å². The molecule has 1 aromatic carbocycles. The van der Waals surface area contributed by atoms with Gasteiger partial charge in [0.15, 0.2) is 0 Å². The summed E-state index contributed by atoms with van der Waals surface area (Å²) in [6, 6.07) is 8.69.